The molecule has 1 heterocycles. The average molecular weight is 283 g/mol. The second-order valence-corrected chi connectivity index (χ2v) is 5.25. The minimum Gasteiger partial charge on any atom is -0.387 e. The summed E-state index contributed by atoms with van der Waals surface area (Å²) in [5.41, 5.74) is 0.123. The van der Waals surface area contributed by atoms with Crippen LogP contribution in [0.3, 0.4) is 0 Å². The number of nitrogens with zero attached hydrogens (tertiary/aromatic N) is 1. The van der Waals surface area contributed by atoms with Crippen LogP contribution in [0.25, 0.3) is 0 Å². The Kier molecular flexibility index (Phi) is 5.06. The zero-order valence-electron chi connectivity index (χ0n) is 11.3. The van der Waals surface area contributed by atoms with Crippen molar-refractivity contribution in [3.63, 3.8) is 0 Å². The zero-order valence-corrected chi connectivity index (χ0v) is 11.3. The Labute approximate surface area is 117 Å². The maximum absolute atomic E-state index is 13.5. The number of piperidine rings is 1. The van der Waals surface area contributed by atoms with Crippen molar-refractivity contribution < 1.29 is 18.7 Å². The maximum atomic E-state index is 13.5. The molecule has 1 N–H and O–H groups in total. The summed E-state index contributed by atoms with van der Waals surface area (Å²) in [4.78, 5) is 13.1. The Morgan fingerprint density at radius 2 is 2.05 bits per heavy atom. The van der Waals surface area contributed by atoms with Gasteiger partial charge in [-0.15, -0.1) is 0 Å². The van der Waals surface area contributed by atoms with Crippen LogP contribution >= 0.6 is 0 Å². The van der Waals surface area contributed by atoms with Crippen LogP contribution in [0.15, 0.2) is 18.2 Å². The van der Waals surface area contributed by atoms with Gasteiger partial charge in [0.2, 0.25) is 5.91 Å². The third kappa shape index (κ3) is 3.54. The summed E-state index contributed by atoms with van der Waals surface area (Å²) in [5.74, 6) is -1.06. The summed E-state index contributed by atoms with van der Waals surface area (Å²) >= 11 is 0. The van der Waals surface area contributed by atoms with Crippen LogP contribution in [0, 0.1) is 17.6 Å². The average Bonchev–Trinajstić information content (AvgIpc) is 2.46. The maximum Gasteiger partial charge on any atom is 0.248 e. The van der Waals surface area contributed by atoms with Gasteiger partial charge in [-0.25, -0.2) is 8.78 Å². The lowest BCUT2D eigenvalue weighted by atomic mass is 9.91. The van der Waals surface area contributed by atoms with Gasteiger partial charge in [0.25, 0.3) is 0 Å². The molecule has 0 saturated carbocycles. The number of hydrogen-bond donors (Lipinski definition) is 1. The molecule has 1 aromatic rings. The van der Waals surface area contributed by atoms with Gasteiger partial charge in [-0.05, 0) is 43.7 Å². The quantitative estimate of drug-likeness (QED) is 0.919. The zero-order chi connectivity index (χ0) is 14.5. The Morgan fingerprint density at radius 1 is 1.35 bits per heavy atom. The van der Waals surface area contributed by atoms with E-state index in [1.165, 1.54) is 18.2 Å². The molecule has 1 atom stereocenters. The fraction of sp³-hybridized carbons (Fsp3) is 0.533. The van der Waals surface area contributed by atoms with E-state index < -0.39 is 18.2 Å². The predicted molar refractivity (Wildman–Crippen MR) is 71.1 cm³/mol. The van der Waals surface area contributed by atoms with Gasteiger partial charge in [0, 0.05) is 18.7 Å². The van der Waals surface area contributed by atoms with E-state index in [1.807, 2.05) is 0 Å². The molecule has 1 aliphatic heterocycles. The SMILES string of the molecule is O=C(CO)N1CCC[C@H](CCc2c(F)cccc2F)C1. The summed E-state index contributed by atoms with van der Waals surface area (Å²) in [6.45, 7) is 0.744. The summed E-state index contributed by atoms with van der Waals surface area (Å²) in [6.07, 6.45) is 2.80. The lowest BCUT2D eigenvalue weighted by molar-refractivity contribution is -0.136. The Hall–Kier alpha value is -1.49. The minimum atomic E-state index is -0.510. The molecule has 3 nitrogen and oxygen atoms in total. The topological polar surface area (TPSA) is 40.5 Å². The molecular formula is C15H19F2NO2. The van der Waals surface area contributed by atoms with Crippen molar-refractivity contribution in [2.45, 2.75) is 25.7 Å². The summed E-state index contributed by atoms with van der Waals surface area (Å²) in [5, 5.41) is 8.86. The van der Waals surface area contributed by atoms with E-state index in [0.29, 0.717) is 25.9 Å². The van der Waals surface area contributed by atoms with Crippen LogP contribution < -0.4 is 0 Å². The van der Waals surface area contributed by atoms with Gasteiger partial charge in [-0.2, -0.15) is 0 Å². The van der Waals surface area contributed by atoms with Gasteiger partial charge in [0.1, 0.15) is 18.2 Å². The van der Waals surface area contributed by atoms with E-state index in [1.54, 1.807) is 4.90 Å². The van der Waals surface area contributed by atoms with Gasteiger partial charge < -0.3 is 10.0 Å². The fourth-order valence-corrected chi connectivity index (χ4v) is 2.75. The van der Waals surface area contributed by atoms with Crippen molar-refractivity contribution >= 4 is 5.91 Å². The van der Waals surface area contributed by atoms with Crippen LogP contribution in [0.2, 0.25) is 0 Å². The van der Waals surface area contributed by atoms with Crippen molar-refractivity contribution in [2.24, 2.45) is 5.92 Å². The number of carbonyl (C=O) groups excluding carboxylic acids is 1. The number of carbonyl (C=O) groups is 1. The number of likely N-dealkylation sites (tertiary alicyclic amines) is 1. The minimum absolute atomic E-state index is 0.123. The Balaban J connectivity index is 1.92. The first-order valence-electron chi connectivity index (χ1n) is 6.93. The molecule has 1 fully saturated rings. The van der Waals surface area contributed by atoms with Crippen molar-refractivity contribution in [3.05, 3.63) is 35.4 Å². The summed E-state index contributed by atoms with van der Waals surface area (Å²) in [6, 6.07) is 3.89. The van der Waals surface area contributed by atoms with Crippen molar-refractivity contribution in [1.29, 1.82) is 0 Å². The smallest absolute Gasteiger partial charge is 0.248 e. The van der Waals surface area contributed by atoms with E-state index in [9.17, 15) is 13.6 Å². The number of benzene rings is 1. The number of aliphatic hydroxyl groups excluding tert-OH is 1. The predicted octanol–water partition coefficient (Wildman–Crippen LogP) is 2.13. The molecule has 110 valence electrons. The van der Waals surface area contributed by atoms with Gasteiger partial charge >= 0.3 is 0 Å². The molecule has 0 spiro atoms. The lowest BCUT2D eigenvalue weighted by Crippen LogP contribution is -2.41. The monoisotopic (exact) mass is 283 g/mol. The molecule has 5 heteroatoms. The lowest BCUT2D eigenvalue weighted by Gasteiger charge is -2.32. The highest BCUT2D eigenvalue weighted by molar-refractivity contribution is 5.77. The highest BCUT2D eigenvalue weighted by Gasteiger charge is 2.23. The van der Waals surface area contributed by atoms with Crippen LogP contribution in [0.1, 0.15) is 24.8 Å². The van der Waals surface area contributed by atoms with E-state index in [-0.39, 0.29) is 17.4 Å². The molecule has 1 amide bonds. The van der Waals surface area contributed by atoms with Crippen LogP contribution in [-0.4, -0.2) is 35.6 Å². The Bertz CT molecular complexity index is 459. The molecule has 0 unspecified atom stereocenters. The Morgan fingerprint density at radius 3 is 2.70 bits per heavy atom. The number of hydrogen-bond acceptors (Lipinski definition) is 2. The molecule has 1 aliphatic rings. The highest BCUT2D eigenvalue weighted by Crippen LogP contribution is 2.23. The van der Waals surface area contributed by atoms with Crippen LogP contribution in [0.5, 0.6) is 0 Å². The third-order valence-electron chi connectivity index (χ3n) is 3.87. The molecule has 2 rings (SSSR count). The molecule has 0 aromatic heterocycles. The van der Waals surface area contributed by atoms with Crippen LogP contribution in [-0.2, 0) is 11.2 Å². The van der Waals surface area contributed by atoms with Crippen molar-refractivity contribution in [1.82, 2.24) is 4.90 Å². The highest BCUT2D eigenvalue weighted by atomic mass is 19.1. The summed E-state index contributed by atoms with van der Waals surface area (Å²) in [7, 11) is 0. The van der Waals surface area contributed by atoms with Gasteiger partial charge in [0.15, 0.2) is 0 Å². The van der Waals surface area contributed by atoms with Gasteiger partial charge in [0.05, 0.1) is 0 Å². The van der Waals surface area contributed by atoms with E-state index in [4.69, 9.17) is 5.11 Å². The van der Waals surface area contributed by atoms with Crippen molar-refractivity contribution in [2.75, 3.05) is 19.7 Å². The summed E-state index contributed by atoms with van der Waals surface area (Å²) < 4.78 is 27.1. The fourth-order valence-electron chi connectivity index (χ4n) is 2.75. The second kappa shape index (κ2) is 6.79. The number of rotatable bonds is 4. The number of halogens is 2. The number of amides is 1. The first kappa shape index (κ1) is 14.9. The van der Waals surface area contributed by atoms with Gasteiger partial charge in [-0.3, -0.25) is 4.79 Å². The second-order valence-electron chi connectivity index (χ2n) is 5.25. The normalized spacial score (nSPS) is 19.1. The molecule has 0 aliphatic carbocycles. The number of aliphatic hydroxyl groups is 1. The molecule has 0 bridgehead atoms. The molecular weight excluding hydrogens is 264 g/mol. The first-order chi connectivity index (χ1) is 9.61. The first-order valence-corrected chi connectivity index (χ1v) is 6.93. The van der Waals surface area contributed by atoms with Gasteiger partial charge in [-0.1, -0.05) is 6.07 Å². The largest absolute Gasteiger partial charge is 0.387 e. The van der Waals surface area contributed by atoms with E-state index in [2.05, 4.69) is 0 Å². The molecule has 1 aromatic carbocycles. The third-order valence-corrected chi connectivity index (χ3v) is 3.87. The van der Waals surface area contributed by atoms with E-state index in [0.717, 1.165) is 12.8 Å². The molecule has 0 radical (unpaired) electrons. The van der Waals surface area contributed by atoms with Crippen LogP contribution in [0.4, 0.5) is 8.78 Å². The standard InChI is InChI=1S/C15H19F2NO2/c16-13-4-1-5-14(17)12(13)7-6-11-3-2-8-18(9-11)15(20)10-19/h1,4-5,11,19H,2-3,6-10H2/t11-/m1/s1. The van der Waals surface area contributed by atoms with E-state index >= 15 is 0 Å². The molecule has 1 saturated heterocycles. The van der Waals surface area contributed by atoms with Crippen molar-refractivity contribution in [3.8, 4) is 0 Å². The molecule has 20 heavy (non-hydrogen) atoms.